The highest BCUT2D eigenvalue weighted by Gasteiger charge is 2.18. The molecule has 0 amide bonds. The van der Waals surface area contributed by atoms with E-state index in [4.69, 9.17) is 0 Å². The number of piperazine rings is 1. The quantitative estimate of drug-likeness (QED) is 0.411. The normalized spacial score (nSPS) is 15.6. The highest BCUT2D eigenvalue weighted by atomic mass is 32.1. The Balaban J connectivity index is 1.32. The standard InChI is InChI=1S/C21H31FN6S/c1-16-17(2)29-20(26-16)15-25-21(23-3)24-9-6-10-27-11-13-28(14-12-27)19-8-5-4-7-18(19)22/h4-5,7-8H,6,9-15H2,1-3H3,(H2,23,24,25). The van der Waals surface area contributed by atoms with E-state index in [9.17, 15) is 4.39 Å². The number of guanidine groups is 1. The van der Waals surface area contributed by atoms with Crippen LogP contribution in [0.15, 0.2) is 29.3 Å². The van der Waals surface area contributed by atoms with Gasteiger partial charge in [-0.1, -0.05) is 12.1 Å². The summed E-state index contributed by atoms with van der Waals surface area (Å²) in [5.74, 6) is 0.673. The maximum absolute atomic E-state index is 13.9. The van der Waals surface area contributed by atoms with E-state index < -0.39 is 0 Å². The average molecular weight is 419 g/mol. The summed E-state index contributed by atoms with van der Waals surface area (Å²) in [6.45, 7) is 10.4. The summed E-state index contributed by atoms with van der Waals surface area (Å²) in [6.07, 6.45) is 1.04. The minimum atomic E-state index is -0.132. The number of nitrogens with zero attached hydrogens (tertiary/aromatic N) is 4. The molecular weight excluding hydrogens is 387 g/mol. The number of anilines is 1. The van der Waals surface area contributed by atoms with Gasteiger partial charge in [-0.15, -0.1) is 11.3 Å². The van der Waals surface area contributed by atoms with Gasteiger partial charge >= 0.3 is 0 Å². The summed E-state index contributed by atoms with van der Waals surface area (Å²) in [6, 6.07) is 7.03. The highest BCUT2D eigenvalue weighted by Crippen LogP contribution is 2.20. The minimum Gasteiger partial charge on any atom is -0.367 e. The fraction of sp³-hybridized carbons (Fsp3) is 0.524. The number of rotatable bonds is 7. The molecule has 1 fully saturated rings. The van der Waals surface area contributed by atoms with Gasteiger partial charge in [0.05, 0.1) is 17.9 Å². The molecule has 1 saturated heterocycles. The smallest absolute Gasteiger partial charge is 0.191 e. The van der Waals surface area contributed by atoms with Crippen molar-refractivity contribution < 1.29 is 4.39 Å². The molecule has 2 N–H and O–H groups in total. The maximum atomic E-state index is 13.9. The van der Waals surface area contributed by atoms with Crippen molar-refractivity contribution >= 4 is 23.0 Å². The second-order valence-corrected chi connectivity index (χ2v) is 8.52. The molecule has 2 aromatic rings. The molecule has 0 saturated carbocycles. The summed E-state index contributed by atoms with van der Waals surface area (Å²) in [7, 11) is 1.79. The second-order valence-electron chi connectivity index (χ2n) is 7.24. The van der Waals surface area contributed by atoms with Crippen LogP contribution in [0.2, 0.25) is 0 Å². The number of aryl methyl sites for hydroxylation is 2. The van der Waals surface area contributed by atoms with Crippen LogP contribution in [0.3, 0.4) is 0 Å². The van der Waals surface area contributed by atoms with Crippen molar-refractivity contribution in [2.45, 2.75) is 26.8 Å². The molecule has 2 heterocycles. The predicted octanol–water partition coefficient (Wildman–Crippen LogP) is 2.78. The number of hydrogen-bond donors (Lipinski definition) is 2. The molecular formula is C21H31FN6S. The molecule has 0 aliphatic carbocycles. The molecule has 158 valence electrons. The molecule has 1 aliphatic rings. The van der Waals surface area contributed by atoms with Gasteiger partial charge in [0, 0.05) is 44.6 Å². The SMILES string of the molecule is CN=C(NCCCN1CCN(c2ccccc2F)CC1)NCc1nc(C)c(C)s1. The lowest BCUT2D eigenvalue weighted by molar-refractivity contribution is 0.254. The van der Waals surface area contributed by atoms with Gasteiger partial charge in [-0.05, 0) is 38.9 Å². The monoisotopic (exact) mass is 418 g/mol. The zero-order valence-electron chi connectivity index (χ0n) is 17.5. The van der Waals surface area contributed by atoms with E-state index in [1.807, 2.05) is 19.1 Å². The fourth-order valence-electron chi connectivity index (χ4n) is 3.42. The van der Waals surface area contributed by atoms with Crippen LogP contribution in [-0.4, -0.2) is 62.2 Å². The van der Waals surface area contributed by atoms with Gasteiger partial charge in [0.15, 0.2) is 5.96 Å². The summed E-state index contributed by atoms with van der Waals surface area (Å²) in [5.41, 5.74) is 1.82. The Labute approximate surface area is 176 Å². The van der Waals surface area contributed by atoms with Crippen LogP contribution in [0, 0.1) is 19.7 Å². The second kappa shape index (κ2) is 10.5. The van der Waals surface area contributed by atoms with Crippen molar-refractivity contribution in [3.63, 3.8) is 0 Å². The number of para-hydroxylation sites is 1. The minimum absolute atomic E-state index is 0.132. The molecule has 29 heavy (non-hydrogen) atoms. The summed E-state index contributed by atoms with van der Waals surface area (Å²) in [5, 5.41) is 7.78. The number of aromatic nitrogens is 1. The van der Waals surface area contributed by atoms with Crippen LogP contribution < -0.4 is 15.5 Å². The molecule has 0 spiro atoms. The topological polar surface area (TPSA) is 55.8 Å². The van der Waals surface area contributed by atoms with Crippen molar-refractivity contribution in [3.05, 3.63) is 45.7 Å². The van der Waals surface area contributed by atoms with Crippen LogP contribution in [-0.2, 0) is 6.54 Å². The Hall–Kier alpha value is -2.19. The first-order valence-electron chi connectivity index (χ1n) is 10.2. The fourth-order valence-corrected chi connectivity index (χ4v) is 4.30. The Kier molecular flexibility index (Phi) is 7.83. The molecule has 1 aliphatic heterocycles. The van der Waals surface area contributed by atoms with Gasteiger partial charge in [0.1, 0.15) is 10.8 Å². The Morgan fingerprint density at radius 2 is 1.93 bits per heavy atom. The molecule has 0 bridgehead atoms. The van der Waals surface area contributed by atoms with Gasteiger partial charge in [0.25, 0.3) is 0 Å². The van der Waals surface area contributed by atoms with Crippen molar-refractivity contribution in [2.24, 2.45) is 4.99 Å². The zero-order chi connectivity index (χ0) is 20.6. The van der Waals surface area contributed by atoms with E-state index in [0.29, 0.717) is 12.2 Å². The molecule has 0 radical (unpaired) electrons. The van der Waals surface area contributed by atoms with Crippen LogP contribution in [0.5, 0.6) is 0 Å². The number of aliphatic imine (C=N–C) groups is 1. The van der Waals surface area contributed by atoms with E-state index in [1.165, 1.54) is 10.9 Å². The van der Waals surface area contributed by atoms with Gasteiger partial charge in [-0.25, -0.2) is 9.37 Å². The van der Waals surface area contributed by atoms with Crippen molar-refractivity contribution in [2.75, 3.05) is 51.2 Å². The molecule has 0 unspecified atom stereocenters. The number of benzene rings is 1. The Bertz CT molecular complexity index is 794. The van der Waals surface area contributed by atoms with Crippen LogP contribution in [0.1, 0.15) is 22.0 Å². The van der Waals surface area contributed by atoms with Crippen LogP contribution in [0.4, 0.5) is 10.1 Å². The number of nitrogens with one attached hydrogen (secondary N) is 2. The third kappa shape index (κ3) is 6.14. The van der Waals surface area contributed by atoms with Crippen molar-refractivity contribution in [1.29, 1.82) is 0 Å². The summed E-state index contributed by atoms with van der Waals surface area (Å²) >= 11 is 1.72. The van der Waals surface area contributed by atoms with E-state index in [1.54, 1.807) is 24.5 Å². The average Bonchev–Trinajstić information content (AvgIpc) is 3.06. The third-order valence-electron chi connectivity index (χ3n) is 5.21. The summed E-state index contributed by atoms with van der Waals surface area (Å²) in [4.78, 5) is 14.7. The van der Waals surface area contributed by atoms with Crippen molar-refractivity contribution in [1.82, 2.24) is 20.5 Å². The van der Waals surface area contributed by atoms with Crippen LogP contribution in [0.25, 0.3) is 0 Å². The highest BCUT2D eigenvalue weighted by molar-refractivity contribution is 7.11. The van der Waals surface area contributed by atoms with E-state index >= 15 is 0 Å². The van der Waals surface area contributed by atoms with Crippen LogP contribution >= 0.6 is 11.3 Å². The number of halogens is 1. The number of thiazole rings is 1. The Morgan fingerprint density at radius 1 is 1.17 bits per heavy atom. The van der Waals surface area contributed by atoms with Gasteiger partial charge in [-0.2, -0.15) is 0 Å². The predicted molar refractivity (Wildman–Crippen MR) is 119 cm³/mol. The summed E-state index contributed by atoms with van der Waals surface area (Å²) < 4.78 is 13.9. The van der Waals surface area contributed by atoms with E-state index in [2.05, 4.69) is 37.3 Å². The van der Waals surface area contributed by atoms with Gasteiger partial charge < -0.3 is 15.5 Å². The molecule has 6 nitrogen and oxygen atoms in total. The molecule has 1 aromatic heterocycles. The largest absolute Gasteiger partial charge is 0.367 e. The van der Waals surface area contributed by atoms with Crippen molar-refractivity contribution in [3.8, 4) is 0 Å². The molecule has 8 heteroatoms. The van der Waals surface area contributed by atoms with Gasteiger partial charge in [0.2, 0.25) is 0 Å². The molecule has 0 atom stereocenters. The molecule has 1 aromatic carbocycles. The lowest BCUT2D eigenvalue weighted by atomic mass is 10.2. The first-order chi connectivity index (χ1) is 14.1. The lowest BCUT2D eigenvalue weighted by Crippen LogP contribution is -2.47. The van der Waals surface area contributed by atoms with E-state index in [0.717, 1.165) is 62.4 Å². The zero-order valence-corrected chi connectivity index (χ0v) is 18.4. The Morgan fingerprint density at radius 3 is 2.59 bits per heavy atom. The lowest BCUT2D eigenvalue weighted by Gasteiger charge is -2.36. The maximum Gasteiger partial charge on any atom is 0.191 e. The first kappa shape index (κ1) is 21.5. The van der Waals surface area contributed by atoms with E-state index in [-0.39, 0.29) is 5.82 Å². The number of hydrogen-bond acceptors (Lipinski definition) is 5. The third-order valence-corrected chi connectivity index (χ3v) is 6.29. The first-order valence-corrected chi connectivity index (χ1v) is 11.0. The van der Waals surface area contributed by atoms with Gasteiger partial charge in [-0.3, -0.25) is 9.89 Å². The molecule has 3 rings (SSSR count).